The summed E-state index contributed by atoms with van der Waals surface area (Å²) in [6.07, 6.45) is 0. The second kappa shape index (κ2) is 7.99. The van der Waals surface area contributed by atoms with Gasteiger partial charge in [0.2, 0.25) is 5.16 Å². The Balaban J connectivity index is 1.82. The van der Waals surface area contributed by atoms with Crippen molar-refractivity contribution < 1.29 is 5.11 Å². The van der Waals surface area contributed by atoms with E-state index in [9.17, 15) is 5.11 Å². The van der Waals surface area contributed by atoms with E-state index < -0.39 is 0 Å². The van der Waals surface area contributed by atoms with Gasteiger partial charge in [-0.1, -0.05) is 37.7 Å². The molecule has 0 amide bonds. The quantitative estimate of drug-likeness (QED) is 0.573. The molecule has 2 N–H and O–H groups in total. The number of thioether (sulfide) groups is 1. The standard InChI is InChI=1S/C14H21N5OS/c1-11(2)9-15-6-7-19-14(16-17-18-19)21-10-12-4-3-5-13(20)8-12/h3-5,8,11,15,20H,6-7,9-10H2,1-2H3. The smallest absolute Gasteiger partial charge is 0.209 e. The predicted octanol–water partition coefficient (Wildman–Crippen LogP) is 1.92. The molecule has 2 rings (SSSR count). The number of phenols is 1. The Hall–Kier alpha value is -1.60. The minimum absolute atomic E-state index is 0.283. The molecule has 2 aromatic rings. The lowest BCUT2D eigenvalue weighted by Gasteiger charge is -2.08. The van der Waals surface area contributed by atoms with Crippen LogP contribution in [0.4, 0.5) is 0 Å². The lowest BCUT2D eigenvalue weighted by Crippen LogP contribution is -2.24. The molecule has 1 aromatic heterocycles. The van der Waals surface area contributed by atoms with Crippen LogP contribution in [0.25, 0.3) is 0 Å². The zero-order valence-corrected chi connectivity index (χ0v) is 13.2. The molecule has 21 heavy (non-hydrogen) atoms. The van der Waals surface area contributed by atoms with Crippen LogP contribution in [0.5, 0.6) is 5.75 Å². The molecule has 0 radical (unpaired) electrons. The van der Waals surface area contributed by atoms with E-state index in [0.717, 1.165) is 36.1 Å². The molecule has 0 unspecified atom stereocenters. The first-order chi connectivity index (χ1) is 10.1. The molecule has 0 saturated heterocycles. The highest BCUT2D eigenvalue weighted by molar-refractivity contribution is 7.98. The molecule has 0 bridgehead atoms. The average Bonchev–Trinajstić information content (AvgIpc) is 2.89. The largest absolute Gasteiger partial charge is 0.508 e. The van der Waals surface area contributed by atoms with Crippen LogP contribution in [0.3, 0.4) is 0 Å². The molecule has 0 aliphatic heterocycles. The molecular weight excluding hydrogens is 286 g/mol. The van der Waals surface area contributed by atoms with Crippen LogP contribution in [0, 0.1) is 5.92 Å². The number of hydrogen-bond donors (Lipinski definition) is 2. The molecular formula is C14H21N5OS. The van der Waals surface area contributed by atoms with Crippen molar-refractivity contribution in [3.8, 4) is 5.75 Å². The predicted molar refractivity (Wildman–Crippen MR) is 83.2 cm³/mol. The summed E-state index contributed by atoms with van der Waals surface area (Å²) in [5.41, 5.74) is 1.05. The third kappa shape index (κ3) is 5.35. The van der Waals surface area contributed by atoms with Crippen molar-refractivity contribution in [3.05, 3.63) is 29.8 Å². The normalized spacial score (nSPS) is 11.2. The van der Waals surface area contributed by atoms with Crippen molar-refractivity contribution in [2.24, 2.45) is 5.92 Å². The van der Waals surface area contributed by atoms with Crippen molar-refractivity contribution >= 4 is 11.8 Å². The molecule has 0 saturated carbocycles. The number of nitrogens with zero attached hydrogens (tertiary/aromatic N) is 4. The third-order valence-electron chi connectivity index (χ3n) is 2.83. The lowest BCUT2D eigenvalue weighted by molar-refractivity contribution is 0.475. The molecule has 0 spiro atoms. The van der Waals surface area contributed by atoms with Gasteiger partial charge in [-0.15, -0.1) is 5.10 Å². The fraction of sp³-hybridized carbons (Fsp3) is 0.500. The second-order valence-electron chi connectivity index (χ2n) is 5.24. The van der Waals surface area contributed by atoms with Crippen LogP contribution in [0.2, 0.25) is 0 Å². The van der Waals surface area contributed by atoms with Gasteiger partial charge in [0.1, 0.15) is 5.75 Å². The Morgan fingerprint density at radius 3 is 3.00 bits per heavy atom. The fourth-order valence-electron chi connectivity index (χ4n) is 1.81. The van der Waals surface area contributed by atoms with E-state index in [1.807, 2.05) is 12.1 Å². The highest BCUT2D eigenvalue weighted by atomic mass is 32.2. The van der Waals surface area contributed by atoms with Gasteiger partial charge in [0.15, 0.2) is 0 Å². The van der Waals surface area contributed by atoms with Crippen LogP contribution < -0.4 is 5.32 Å². The molecule has 0 fully saturated rings. The number of benzene rings is 1. The van der Waals surface area contributed by atoms with Gasteiger partial charge in [0.05, 0.1) is 6.54 Å². The van der Waals surface area contributed by atoms with Gasteiger partial charge >= 0.3 is 0 Å². The molecule has 114 valence electrons. The van der Waals surface area contributed by atoms with Gasteiger partial charge in [-0.05, 0) is 40.6 Å². The zero-order chi connectivity index (χ0) is 15.1. The molecule has 0 atom stereocenters. The van der Waals surface area contributed by atoms with Crippen molar-refractivity contribution in [1.29, 1.82) is 0 Å². The summed E-state index contributed by atoms with van der Waals surface area (Å²) < 4.78 is 1.81. The van der Waals surface area contributed by atoms with E-state index in [1.165, 1.54) is 0 Å². The van der Waals surface area contributed by atoms with Crippen LogP contribution in [0.15, 0.2) is 29.4 Å². The summed E-state index contributed by atoms with van der Waals surface area (Å²) in [5.74, 6) is 1.65. The third-order valence-corrected chi connectivity index (χ3v) is 3.86. The van der Waals surface area contributed by atoms with E-state index in [2.05, 4.69) is 34.7 Å². The van der Waals surface area contributed by atoms with Gasteiger partial charge in [-0.3, -0.25) is 0 Å². The monoisotopic (exact) mass is 307 g/mol. The van der Waals surface area contributed by atoms with Crippen molar-refractivity contribution in [1.82, 2.24) is 25.5 Å². The fourth-order valence-corrected chi connectivity index (χ4v) is 2.66. The van der Waals surface area contributed by atoms with E-state index in [1.54, 1.807) is 28.6 Å². The first-order valence-corrected chi connectivity index (χ1v) is 8.01. The highest BCUT2D eigenvalue weighted by Gasteiger charge is 2.07. The number of aromatic hydroxyl groups is 1. The molecule has 1 heterocycles. The van der Waals surface area contributed by atoms with Crippen molar-refractivity contribution in [2.45, 2.75) is 31.3 Å². The minimum Gasteiger partial charge on any atom is -0.508 e. The van der Waals surface area contributed by atoms with Crippen LogP contribution in [-0.2, 0) is 12.3 Å². The van der Waals surface area contributed by atoms with E-state index >= 15 is 0 Å². The summed E-state index contributed by atoms with van der Waals surface area (Å²) in [6, 6.07) is 7.24. The number of aromatic nitrogens is 4. The summed E-state index contributed by atoms with van der Waals surface area (Å²) in [4.78, 5) is 0. The summed E-state index contributed by atoms with van der Waals surface area (Å²) in [5, 5.41) is 25.4. The SMILES string of the molecule is CC(C)CNCCn1nnnc1SCc1cccc(O)c1. The van der Waals surface area contributed by atoms with Gasteiger partial charge < -0.3 is 10.4 Å². The van der Waals surface area contributed by atoms with Gasteiger partial charge in [0, 0.05) is 12.3 Å². The zero-order valence-electron chi connectivity index (χ0n) is 12.4. The Labute approximate surface area is 128 Å². The molecule has 7 heteroatoms. The van der Waals surface area contributed by atoms with Gasteiger partial charge in [0.25, 0.3) is 0 Å². The second-order valence-corrected chi connectivity index (χ2v) is 6.18. The maximum Gasteiger partial charge on any atom is 0.209 e. The summed E-state index contributed by atoms with van der Waals surface area (Å²) in [7, 11) is 0. The molecule has 0 aliphatic carbocycles. The number of phenolic OH excluding ortho intramolecular Hbond substituents is 1. The summed E-state index contributed by atoms with van der Waals surface area (Å²) >= 11 is 1.57. The minimum atomic E-state index is 0.283. The Bertz CT molecular complexity index is 558. The maximum absolute atomic E-state index is 9.45. The van der Waals surface area contributed by atoms with Crippen LogP contribution >= 0.6 is 11.8 Å². The number of hydrogen-bond acceptors (Lipinski definition) is 6. The first kappa shape index (κ1) is 15.8. The Morgan fingerprint density at radius 1 is 1.38 bits per heavy atom. The molecule has 0 aliphatic rings. The van der Waals surface area contributed by atoms with E-state index in [0.29, 0.717) is 5.92 Å². The van der Waals surface area contributed by atoms with Crippen molar-refractivity contribution in [2.75, 3.05) is 13.1 Å². The Kier molecular flexibility index (Phi) is 6.01. The van der Waals surface area contributed by atoms with E-state index in [4.69, 9.17) is 0 Å². The highest BCUT2D eigenvalue weighted by Crippen LogP contribution is 2.21. The molecule has 6 nitrogen and oxygen atoms in total. The lowest BCUT2D eigenvalue weighted by atomic mass is 10.2. The number of nitrogens with one attached hydrogen (secondary N) is 1. The number of rotatable bonds is 8. The van der Waals surface area contributed by atoms with E-state index in [-0.39, 0.29) is 5.75 Å². The Morgan fingerprint density at radius 2 is 2.24 bits per heavy atom. The number of tetrazole rings is 1. The summed E-state index contributed by atoms with van der Waals surface area (Å²) in [6.45, 7) is 6.96. The van der Waals surface area contributed by atoms with Crippen molar-refractivity contribution in [3.63, 3.8) is 0 Å². The van der Waals surface area contributed by atoms with Crippen LogP contribution in [-0.4, -0.2) is 38.4 Å². The van der Waals surface area contributed by atoms with Crippen LogP contribution in [0.1, 0.15) is 19.4 Å². The first-order valence-electron chi connectivity index (χ1n) is 7.02. The topological polar surface area (TPSA) is 75.9 Å². The van der Waals surface area contributed by atoms with Gasteiger partial charge in [-0.2, -0.15) is 0 Å². The maximum atomic E-state index is 9.45. The average molecular weight is 307 g/mol. The van der Waals surface area contributed by atoms with Gasteiger partial charge in [-0.25, -0.2) is 4.68 Å². The molecule has 1 aromatic carbocycles.